The van der Waals surface area contributed by atoms with Crippen LogP contribution in [0.25, 0.3) is 10.8 Å². The van der Waals surface area contributed by atoms with E-state index < -0.39 is 12.1 Å². The van der Waals surface area contributed by atoms with Crippen molar-refractivity contribution in [3.05, 3.63) is 72.3 Å². The largest absolute Gasteiger partial charge is 0.508 e. The zero-order valence-electron chi connectivity index (χ0n) is 17.8. The summed E-state index contributed by atoms with van der Waals surface area (Å²) in [6, 6.07) is 18.1. The highest BCUT2D eigenvalue weighted by atomic mass is 16.3. The highest BCUT2D eigenvalue weighted by molar-refractivity contribution is 6.02. The van der Waals surface area contributed by atoms with Gasteiger partial charge in [0.25, 0.3) is 0 Å². The van der Waals surface area contributed by atoms with Crippen LogP contribution in [0.5, 0.6) is 5.75 Å². The molecule has 3 aromatic carbocycles. The van der Waals surface area contributed by atoms with E-state index in [1.54, 1.807) is 29.2 Å². The molecule has 8 nitrogen and oxygen atoms in total. The molecule has 0 unspecified atom stereocenters. The molecule has 3 atom stereocenters. The highest BCUT2D eigenvalue weighted by Crippen LogP contribution is 2.26. The molecule has 168 valence electrons. The van der Waals surface area contributed by atoms with E-state index in [0.29, 0.717) is 18.5 Å². The second-order valence-corrected chi connectivity index (χ2v) is 8.50. The molecular formula is C25H24N4O4. The highest BCUT2D eigenvalue weighted by Gasteiger charge is 2.46. The van der Waals surface area contributed by atoms with Crippen LogP contribution in [0.4, 0.5) is 10.5 Å². The molecule has 2 saturated heterocycles. The molecule has 0 radical (unpaired) electrons. The number of hydrogen-bond donors (Lipinski definition) is 4. The molecule has 8 heteroatoms. The van der Waals surface area contributed by atoms with Crippen molar-refractivity contribution in [2.24, 2.45) is 0 Å². The molecule has 4 N–H and O–H groups in total. The number of carbonyl (C=O) groups is 3. The van der Waals surface area contributed by atoms with Crippen molar-refractivity contribution in [1.29, 1.82) is 0 Å². The van der Waals surface area contributed by atoms with Crippen LogP contribution in [0.2, 0.25) is 0 Å². The molecule has 2 aliphatic rings. The van der Waals surface area contributed by atoms with Crippen LogP contribution >= 0.6 is 0 Å². The summed E-state index contributed by atoms with van der Waals surface area (Å²) < 4.78 is 0. The predicted molar refractivity (Wildman–Crippen MR) is 124 cm³/mol. The summed E-state index contributed by atoms with van der Waals surface area (Å²) in [6.07, 6.45) is 0.709. The van der Waals surface area contributed by atoms with Crippen LogP contribution in [-0.2, 0) is 16.0 Å². The van der Waals surface area contributed by atoms with E-state index >= 15 is 0 Å². The zero-order valence-corrected chi connectivity index (χ0v) is 17.8. The van der Waals surface area contributed by atoms with Crippen molar-refractivity contribution < 1.29 is 19.5 Å². The molecule has 0 spiro atoms. The Morgan fingerprint density at radius 1 is 1.03 bits per heavy atom. The number of phenolic OH excluding ortho intramolecular Hbond substituents is 1. The van der Waals surface area contributed by atoms with Crippen LogP contribution < -0.4 is 16.0 Å². The van der Waals surface area contributed by atoms with Gasteiger partial charge in [-0.3, -0.25) is 9.59 Å². The van der Waals surface area contributed by atoms with Crippen molar-refractivity contribution in [2.75, 3.05) is 11.9 Å². The number of hydrogen-bond acceptors (Lipinski definition) is 4. The summed E-state index contributed by atoms with van der Waals surface area (Å²) in [4.78, 5) is 39.9. The van der Waals surface area contributed by atoms with Gasteiger partial charge in [0.1, 0.15) is 17.8 Å². The second kappa shape index (κ2) is 8.46. The minimum atomic E-state index is -0.665. The molecule has 33 heavy (non-hydrogen) atoms. The van der Waals surface area contributed by atoms with Gasteiger partial charge in [-0.1, -0.05) is 48.5 Å². The van der Waals surface area contributed by atoms with Gasteiger partial charge < -0.3 is 26.0 Å². The number of benzene rings is 3. The first-order chi connectivity index (χ1) is 16.0. The normalized spacial score (nSPS) is 22.1. The Balaban J connectivity index is 1.23. The second-order valence-electron chi connectivity index (χ2n) is 8.50. The Bertz CT molecular complexity index is 1220. The Labute approximate surface area is 190 Å². The molecule has 2 heterocycles. The zero-order chi connectivity index (χ0) is 22.9. The predicted octanol–water partition coefficient (Wildman–Crippen LogP) is 2.38. The Kier molecular flexibility index (Phi) is 5.34. The molecule has 2 fully saturated rings. The summed E-state index contributed by atoms with van der Waals surface area (Å²) in [5.74, 6) is -0.225. The van der Waals surface area contributed by atoms with Gasteiger partial charge in [0.05, 0.1) is 11.7 Å². The number of aromatic hydroxyl groups is 1. The fourth-order valence-electron chi connectivity index (χ4n) is 4.65. The number of carbonyl (C=O) groups excluding carboxylic acids is 3. The average molecular weight is 444 g/mol. The number of piperazine rings is 1. The summed E-state index contributed by atoms with van der Waals surface area (Å²) in [5, 5.41) is 20.0. The van der Waals surface area contributed by atoms with Crippen molar-refractivity contribution in [1.82, 2.24) is 15.5 Å². The third kappa shape index (κ3) is 4.19. The van der Waals surface area contributed by atoms with Crippen LogP contribution in [0, 0.1) is 0 Å². The quantitative estimate of drug-likeness (QED) is 0.495. The summed E-state index contributed by atoms with van der Waals surface area (Å²) >= 11 is 0. The maximum Gasteiger partial charge on any atom is 0.319 e. The number of anilines is 1. The van der Waals surface area contributed by atoms with E-state index in [2.05, 4.69) is 16.0 Å². The van der Waals surface area contributed by atoms with Gasteiger partial charge in [-0.25, -0.2) is 4.79 Å². The van der Waals surface area contributed by atoms with E-state index in [9.17, 15) is 19.5 Å². The van der Waals surface area contributed by atoms with Gasteiger partial charge in [-0.15, -0.1) is 0 Å². The Morgan fingerprint density at radius 3 is 2.61 bits per heavy atom. The topological polar surface area (TPSA) is 111 Å². The standard InChI is InChI=1S/C25H24N4O4/c30-18-10-8-15(9-11-18)12-21-24(32)29-14-17(13-22(29)23(31)27-21)26-25(33)28-20-7-3-5-16-4-1-2-6-19(16)20/h1-11,17,21-22,30H,12-14H2,(H,27,31)(H2,26,28,33)/t17-,21+,22-/m0/s1. The van der Waals surface area contributed by atoms with Crippen molar-refractivity contribution in [3.63, 3.8) is 0 Å². The molecule has 0 saturated carbocycles. The van der Waals surface area contributed by atoms with E-state index in [1.165, 1.54) is 0 Å². The van der Waals surface area contributed by atoms with E-state index in [0.717, 1.165) is 16.3 Å². The third-order valence-electron chi connectivity index (χ3n) is 6.25. The lowest BCUT2D eigenvalue weighted by Gasteiger charge is -2.34. The first-order valence-electron chi connectivity index (χ1n) is 10.9. The lowest BCUT2D eigenvalue weighted by Crippen LogP contribution is -2.61. The number of nitrogens with zero attached hydrogens (tertiary/aromatic N) is 1. The summed E-state index contributed by atoms with van der Waals surface area (Å²) in [5.41, 5.74) is 1.54. The lowest BCUT2D eigenvalue weighted by molar-refractivity contribution is -0.147. The molecule has 0 aliphatic carbocycles. The molecule has 5 rings (SSSR count). The maximum atomic E-state index is 13.0. The first kappa shape index (κ1) is 20.8. The SMILES string of the molecule is O=C(Nc1cccc2ccccc12)N[C@H]1C[C@H]2C(=O)N[C@H](Cc3ccc(O)cc3)C(=O)N2C1. The molecule has 4 amide bonds. The van der Waals surface area contributed by atoms with Gasteiger partial charge in [0.2, 0.25) is 11.8 Å². The average Bonchev–Trinajstić information content (AvgIpc) is 3.23. The number of phenols is 1. The van der Waals surface area contributed by atoms with Gasteiger partial charge in [0, 0.05) is 18.4 Å². The Hall–Kier alpha value is -4.07. The van der Waals surface area contributed by atoms with E-state index in [-0.39, 0.29) is 36.2 Å². The maximum absolute atomic E-state index is 13.0. The van der Waals surface area contributed by atoms with Crippen molar-refractivity contribution >= 4 is 34.3 Å². The monoisotopic (exact) mass is 444 g/mol. The minimum Gasteiger partial charge on any atom is -0.508 e. The fourth-order valence-corrected chi connectivity index (χ4v) is 4.65. The fraction of sp³-hybridized carbons (Fsp3) is 0.240. The number of urea groups is 1. The summed E-state index contributed by atoms with van der Waals surface area (Å²) in [6.45, 7) is 0.284. The van der Waals surface area contributed by atoms with Crippen LogP contribution in [0.3, 0.4) is 0 Å². The number of nitrogens with one attached hydrogen (secondary N) is 3. The number of rotatable bonds is 4. The van der Waals surface area contributed by atoms with Gasteiger partial charge in [0.15, 0.2) is 0 Å². The lowest BCUT2D eigenvalue weighted by atomic mass is 10.0. The van der Waals surface area contributed by atoms with Gasteiger partial charge in [-0.05, 0) is 35.6 Å². The Morgan fingerprint density at radius 2 is 1.79 bits per heavy atom. The van der Waals surface area contributed by atoms with Crippen LogP contribution in [-0.4, -0.2) is 52.5 Å². The minimum absolute atomic E-state index is 0.146. The molecule has 0 aromatic heterocycles. The van der Waals surface area contributed by atoms with E-state index in [1.807, 2.05) is 42.5 Å². The van der Waals surface area contributed by atoms with Crippen LogP contribution in [0.15, 0.2) is 66.7 Å². The number of fused-ring (bicyclic) bond motifs is 2. The van der Waals surface area contributed by atoms with Gasteiger partial charge >= 0.3 is 6.03 Å². The molecule has 2 aliphatic heterocycles. The van der Waals surface area contributed by atoms with E-state index in [4.69, 9.17) is 0 Å². The molecular weight excluding hydrogens is 420 g/mol. The third-order valence-corrected chi connectivity index (χ3v) is 6.25. The molecule has 0 bridgehead atoms. The van der Waals surface area contributed by atoms with Crippen molar-refractivity contribution in [3.8, 4) is 5.75 Å². The summed E-state index contributed by atoms with van der Waals surface area (Å²) in [7, 11) is 0. The number of amides is 4. The molecule has 3 aromatic rings. The smallest absolute Gasteiger partial charge is 0.319 e. The van der Waals surface area contributed by atoms with Crippen LogP contribution in [0.1, 0.15) is 12.0 Å². The van der Waals surface area contributed by atoms with Crippen molar-refractivity contribution in [2.45, 2.75) is 31.0 Å². The van der Waals surface area contributed by atoms with Gasteiger partial charge in [-0.2, -0.15) is 0 Å². The first-order valence-corrected chi connectivity index (χ1v) is 10.9.